The molecule has 0 bridgehead atoms. The van der Waals surface area contributed by atoms with Crippen molar-refractivity contribution in [2.45, 2.75) is 6.54 Å². The lowest BCUT2D eigenvalue weighted by atomic mass is 10.1. The summed E-state index contributed by atoms with van der Waals surface area (Å²) < 4.78 is 29.6. The highest BCUT2D eigenvalue weighted by molar-refractivity contribution is 5.86. The van der Waals surface area contributed by atoms with E-state index in [-0.39, 0.29) is 5.39 Å². The fraction of sp³-hybridized carbons (Fsp3) is 0.0526. The Kier molecular flexibility index (Phi) is 3.15. The maximum absolute atomic E-state index is 14.1. The van der Waals surface area contributed by atoms with E-state index in [1.165, 1.54) is 6.20 Å². The first kappa shape index (κ1) is 14.8. The van der Waals surface area contributed by atoms with E-state index in [0.717, 1.165) is 23.0 Å². The van der Waals surface area contributed by atoms with Crippen molar-refractivity contribution in [1.82, 2.24) is 24.5 Å². The van der Waals surface area contributed by atoms with Gasteiger partial charge in [-0.2, -0.15) is 0 Å². The van der Waals surface area contributed by atoms with E-state index in [1.807, 2.05) is 22.8 Å². The molecule has 0 saturated heterocycles. The van der Waals surface area contributed by atoms with Crippen molar-refractivity contribution in [3.8, 4) is 0 Å². The first-order valence-electron chi connectivity index (χ1n) is 7.99. The first-order chi connectivity index (χ1) is 12.7. The molecule has 5 rings (SSSR count). The number of hydrogen-bond donors (Lipinski definition) is 0. The lowest BCUT2D eigenvalue weighted by Crippen LogP contribution is -2.07. The van der Waals surface area contributed by atoms with Gasteiger partial charge in [0.25, 0.3) is 0 Å². The zero-order valence-corrected chi connectivity index (χ0v) is 13.4. The summed E-state index contributed by atoms with van der Waals surface area (Å²) in [5.41, 5.74) is 2.88. The minimum absolute atomic E-state index is 0.155. The number of nitrogens with zero attached hydrogens (tertiary/aromatic N) is 5. The minimum Gasteiger partial charge on any atom is -0.303 e. The van der Waals surface area contributed by atoms with E-state index in [1.54, 1.807) is 24.7 Å². The minimum atomic E-state index is -0.892. The van der Waals surface area contributed by atoms with E-state index < -0.39 is 11.6 Å². The van der Waals surface area contributed by atoms with Crippen LogP contribution in [0.25, 0.3) is 27.6 Å². The Morgan fingerprint density at radius 2 is 1.85 bits per heavy atom. The Hall–Kier alpha value is -3.48. The van der Waals surface area contributed by atoms with Crippen LogP contribution in [0.3, 0.4) is 0 Å². The fourth-order valence-corrected chi connectivity index (χ4v) is 3.11. The molecule has 3 aromatic heterocycles. The standard InChI is InChI=1S/C19H11F2N5/c20-15-5-4-13-12(8-22-9-14(13)16(15)21)10-26-18(11-2-1-3-11)25-17-19(26)24-7-6-23-17/h1-9H,10H2. The summed E-state index contributed by atoms with van der Waals surface area (Å²) in [7, 11) is 0. The lowest BCUT2D eigenvalue weighted by molar-refractivity contribution is 0.516. The first-order valence-corrected chi connectivity index (χ1v) is 7.99. The molecule has 1 aliphatic rings. The Balaban J connectivity index is 1.71. The molecule has 0 radical (unpaired) electrons. The summed E-state index contributed by atoms with van der Waals surface area (Å²) in [5.74, 6) is -1.05. The molecular formula is C19H11F2N5. The summed E-state index contributed by atoms with van der Waals surface area (Å²) in [6, 6.07) is 2.70. The molecule has 4 aromatic rings. The van der Waals surface area contributed by atoms with E-state index in [4.69, 9.17) is 0 Å². The molecule has 0 atom stereocenters. The van der Waals surface area contributed by atoms with E-state index >= 15 is 0 Å². The summed E-state index contributed by atoms with van der Waals surface area (Å²) >= 11 is 0. The quantitative estimate of drug-likeness (QED) is 0.568. The van der Waals surface area contributed by atoms with Crippen molar-refractivity contribution >= 4 is 27.6 Å². The molecule has 0 fully saturated rings. The number of rotatable bonds is 3. The topological polar surface area (TPSA) is 56.5 Å². The van der Waals surface area contributed by atoms with Crippen molar-refractivity contribution in [2.24, 2.45) is 0 Å². The van der Waals surface area contributed by atoms with E-state index in [2.05, 4.69) is 19.9 Å². The highest BCUT2D eigenvalue weighted by Crippen LogP contribution is 2.28. The smallest absolute Gasteiger partial charge is 0.198 e. The molecule has 3 heterocycles. The molecule has 0 aliphatic heterocycles. The van der Waals surface area contributed by atoms with Gasteiger partial charge < -0.3 is 4.57 Å². The number of aromatic nitrogens is 5. The largest absolute Gasteiger partial charge is 0.303 e. The van der Waals surface area contributed by atoms with Crippen LogP contribution >= 0.6 is 0 Å². The van der Waals surface area contributed by atoms with E-state index in [0.29, 0.717) is 23.2 Å². The van der Waals surface area contributed by atoms with Gasteiger partial charge in [-0.15, -0.1) is 0 Å². The number of halogens is 2. The van der Waals surface area contributed by atoms with Gasteiger partial charge >= 0.3 is 0 Å². The highest BCUT2D eigenvalue weighted by atomic mass is 19.2. The van der Waals surface area contributed by atoms with Gasteiger partial charge in [-0.05, 0) is 17.0 Å². The van der Waals surface area contributed by atoms with Crippen molar-refractivity contribution in [2.75, 3.05) is 0 Å². The van der Waals surface area contributed by atoms with Gasteiger partial charge in [0, 0.05) is 35.7 Å². The molecule has 0 saturated carbocycles. The Bertz CT molecular complexity index is 1240. The summed E-state index contributed by atoms with van der Waals surface area (Å²) in [4.78, 5) is 17.3. The number of hydrogen-bond acceptors (Lipinski definition) is 4. The number of allylic oxidation sites excluding steroid dienone is 4. The second-order valence-corrected chi connectivity index (χ2v) is 5.96. The molecular weight excluding hydrogens is 336 g/mol. The number of benzene rings is 1. The van der Waals surface area contributed by atoms with Gasteiger partial charge in [-0.25, -0.2) is 23.7 Å². The number of fused-ring (bicyclic) bond motifs is 2. The summed E-state index contributed by atoms with van der Waals surface area (Å²) in [5, 5.41) is 0.760. The molecule has 0 unspecified atom stereocenters. The molecule has 5 nitrogen and oxygen atoms in total. The highest BCUT2D eigenvalue weighted by Gasteiger charge is 2.18. The molecule has 26 heavy (non-hydrogen) atoms. The van der Waals surface area contributed by atoms with Crippen LogP contribution in [0.4, 0.5) is 8.78 Å². The van der Waals surface area contributed by atoms with Gasteiger partial charge in [0.1, 0.15) is 5.82 Å². The molecule has 1 aliphatic carbocycles. The molecule has 0 amide bonds. The maximum atomic E-state index is 14.1. The lowest BCUT2D eigenvalue weighted by Gasteiger charge is -2.13. The third-order valence-electron chi connectivity index (χ3n) is 4.43. The number of pyridine rings is 1. The van der Waals surface area contributed by atoms with Gasteiger partial charge in [0.2, 0.25) is 0 Å². The maximum Gasteiger partial charge on any atom is 0.198 e. The second-order valence-electron chi connectivity index (χ2n) is 5.96. The van der Waals surface area contributed by atoms with Crippen molar-refractivity contribution in [3.05, 3.63) is 78.2 Å². The predicted octanol–water partition coefficient (Wildman–Crippen LogP) is 3.65. The Morgan fingerprint density at radius 1 is 1.00 bits per heavy atom. The third kappa shape index (κ3) is 2.13. The molecule has 7 heteroatoms. The molecule has 1 aromatic carbocycles. The summed E-state index contributed by atoms with van der Waals surface area (Å²) in [6.45, 7) is 0.366. The Morgan fingerprint density at radius 3 is 2.65 bits per heavy atom. The van der Waals surface area contributed by atoms with Gasteiger partial charge in [0.05, 0.1) is 6.54 Å². The van der Waals surface area contributed by atoms with Crippen LogP contribution in [0.1, 0.15) is 11.4 Å². The van der Waals surface area contributed by atoms with Crippen molar-refractivity contribution in [3.63, 3.8) is 0 Å². The van der Waals surface area contributed by atoms with E-state index in [9.17, 15) is 8.78 Å². The monoisotopic (exact) mass is 347 g/mol. The van der Waals surface area contributed by atoms with Gasteiger partial charge in [-0.3, -0.25) is 4.98 Å². The normalized spacial score (nSPS) is 13.2. The van der Waals surface area contributed by atoms with Gasteiger partial charge in [-0.1, -0.05) is 24.3 Å². The Labute approximate surface area is 146 Å². The van der Waals surface area contributed by atoms with Crippen LogP contribution in [0.5, 0.6) is 0 Å². The van der Waals surface area contributed by atoms with Gasteiger partial charge in [0.15, 0.2) is 22.9 Å². The average molecular weight is 347 g/mol. The van der Waals surface area contributed by atoms with Crippen molar-refractivity contribution in [1.29, 1.82) is 0 Å². The van der Waals surface area contributed by atoms with Crippen molar-refractivity contribution < 1.29 is 8.78 Å². The zero-order valence-electron chi connectivity index (χ0n) is 13.4. The fourth-order valence-electron chi connectivity index (χ4n) is 3.11. The SMILES string of the molecule is Fc1ccc2c(Cn3c(C4=CC=C4)nc4nccnc43)cncc2c1F. The van der Waals surface area contributed by atoms with Crippen LogP contribution < -0.4 is 0 Å². The predicted molar refractivity (Wildman–Crippen MR) is 93.2 cm³/mol. The second kappa shape index (κ2) is 5.52. The molecule has 126 valence electrons. The molecule has 0 N–H and O–H groups in total. The van der Waals surface area contributed by atoms with Crippen LogP contribution in [0.15, 0.2) is 55.1 Å². The average Bonchev–Trinajstić information content (AvgIpc) is 2.95. The number of imidazole rings is 1. The molecule has 0 spiro atoms. The third-order valence-corrected chi connectivity index (χ3v) is 4.43. The zero-order chi connectivity index (χ0) is 17.7. The van der Waals surface area contributed by atoms with Crippen LogP contribution in [0.2, 0.25) is 0 Å². The van der Waals surface area contributed by atoms with Crippen LogP contribution in [0, 0.1) is 11.6 Å². The summed E-state index contributed by atoms with van der Waals surface area (Å²) in [6.07, 6.45) is 12.0. The van der Waals surface area contributed by atoms with Crippen LogP contribution in [-0.4, -0.2) is 24.5 Å². The van der Waals surface area contributed by atoms with Crippen LogP contribution in [-0.2, 0) is 6.54 Å².